The molecule has 0 aliphatic heterocycles. The van der Waals surface area contributed by atoms with Crippen molar-refractivity contribution in [1.82, 2.24) is 0 Å². The lowest BCUT2D eigenvalue weighted by atomic mass is 10.0. The Morgan fingerprint density at radius 1 is 1.00 bits per heavy atom. The summed E-state index contributed by atoms with van der Waals surface area (Å²) in [7, 11) is 0. The van der Waals surface area contributed by atoms with E-state index in [1.165, 1.54) is 0 Å². The molecule has 82 valence electrons. The number of benzene rings is 2. The number of hydrogen-bond acceptors (Lipinski definition) is 2. The second-order valence-electron chi connectivity index (χ2n) is 3.56. The molecule has 0 saturated heterocycles. The quantitative estimate of drug-likeness (QED) is 0.837. The van der Waals surface area contributed by atoms with E-state index in [-0.39, 0.29) is 5.75 Å². The summed E-state index contributed by atoms with van der Waals surface area (Å²) in [4.78, 5) is 0. The second kappa shape index (κ2) is 4.56. The summed E-state index contributed by atoms with van der Waals surface area (Å²) in [5.74, 6) is 0.261. The highest BCUT2D eigenvalue weighted by molar-refractivity contribution is 6.31. The van der Waals surface area contributed by atoms with Crippen molar-refractivity contribution in [1.29, 1.82) is 0 Å². The van der Waals surface area contributed by atoms with Crippen LogP contribution in [0.3, 0.4) is 0 Å². The van der Waals surface area contributed by atoms with Crippen LogP contribution in [0.25, 0.3) is 11.1 Å². The molecule has 0 heterocycles. The minimum atomic E-state index is 0.261. The van der Waals surface area contributed by atoms with Crippen molar-refractivity contribution in [2.75, 3.05) is 0 Å². The standard InChI is InChI=1S/C13H12ClNO/c14-13-6-3-10(7-11(13)8-15)9-1-4-12(16)5-2-9/h1-7,16H,8,15H2. The molecule has 3 N–H and O–H groups in total. The molecule has 2 nitrogen and oxygen atoms in total. The lowest BCUT2D eigenvalue weighted by molar-refractivity contribution is 0.475. The number of nitrogens with two attached hydrogens (primary N) is 1. The van der Waals surface area contributed by atoms with E-state index in [1.54, 1.807) is 12.1 Å². The van der Waals surface area contributed by atoms with Crippen LogP contribution in [0, 0.1) is 0 Å². The highest BCUT2D eigenvalue weighted by Crippen LogP contribution is 2.26. The van der Waals surface area contributed by atoms with Gasteiger partial charge in [-0.25, -0.2) is 0 Å². The van der Waals surface area contributed by atoms with E-state index in [0.29, 0.717) is 11.6 Å². The number of halogens is 1. The molecule has 0 amide bonds. The summed E-state index contributed by atoms with van der Waals surface area (Å²) in [6.07, 6.45) is 0. The van der Waals surface area contributed by atoms with Gasteiger partial charge in [0.15, 0.2) is 0 Å². The summed E-state index contributed by atoms with van der Waals surface area (Å²) in [6.45, 7) is 0.421. The summed E-state index contributed by atoms with van der Waals surface area (Å²) < 4.78 is 0. The number of hydrogen-bond donors (Lipinski definition) is 2. The van der Waals surface area contributed by atoms with Crippen LogP contribution in [-0.4, -0.2) is 5.11 Å². The van der Waals surface area contributed by atoms with Gasteiger partial charge in [-0.2, -0.15) is 0 Å². The second-order valence-corrected chi connectivity index (χ2v) is 3.96. The van der Waals surface area contributed by atoms with E-state index in [2.05, 4.69) is 0 Å². The molecular weight excluding hydrogens is 222 g/mol. The Labute approximate surface area is 99.3 Å². The largest absolute Gasteiger partial charge is 0.508 e. The lowest BCUT2D eigenvalue weighted by Gasteiger charge is -2.06. The van der Waals surface area contributed by atoms with Crippen LogP contribution in [0.15, 0.2) is 42.5 Å². The van der Waals surface area contributed by atoms with E-state index in [1.807, 2.05) is 30.3 Å². The first-order valence-electron chi connectivity index (χ1n) is 4.98. The molecule has 0 unspecified atom stereocenters. The van der Waals surface area contributed by atoms with Crippen LogP contribution < -0.4 is 5.73 Å². The molecule has 2 aromatic rings. The Bertz CT molecular complexity index is 494. The molecule has 2 aromatic carbocycles. The topological polar surface area (TPSA) is 46.2 Å². The Kier molecular flexibility index (Phi) is 3.13. The molecule has 0 bridgehead atoms. The summed E-state index contributed by atoms with van der Waals surface area (Å²) in [6, 6.07) is 12.8. The Balaban J connectivity index is 2.44. The van der Waals surface area contributed by atoms with Crippen LogP contribution in [-0.2, 0) is 6.54 Å². The van der Waals surface area contributed by atoms with Crippen molar-refractivity contribution in [3.63, 3.8) is 0 Å². The molecule has 0 fully saturated rings. The zero-order valence-corrected chi connectivity index (χ0v) is 9.41. The van der Waals surface area contributed by atoms with Gasteiger partial charge >= 0.3 is 0 Å². The van der Waals surface area contributed by atoms with Gasteiger partial charge in [-0.05, 0) is 41.0 Å². The third kappa shape index (κ3) is 2.18. The Hall–Kier alpha value is -1.51. The van der Waals surface area contributed by atoms with Gasteiger partial charge in [-0.3, -0.25) is 0 Å². The number of aromatic hydroxyl groups is 1. The molecule has 0 aliphatic carbocycles. The van der Waals surface area contributed by atoms with Crippen LogP contribution >= 0.6 is 11.6 Å². The maximum atomic E-state index is 9.21. The van der Waals surface area contributed by atoms with Crippen LogP contribution in [0.4, 0.5) is 0 Å². The van der Waals surface area contributed by atoms with Gasteiger partial charge in [0.2, 0.25) is 0 Å². The van der Waals surface area contributed by atoms with Gasteiger partial charge in [0.25, 0.3) is 0 Å². The summed E-state index contributed by atoms with van der Waals surface area (Å²) in [5.41, 5.74) is 8.60. The molecule has 0 radical (unpaired) electrons. The number of rotatable bonds is 2. The highest BCUT2D eigenvalue weighted by atomic mass is 35.5. The van der Waals surface area contributed by atoms with Crippen LogP contribution in [0.5, 0.6) is 5.75 Å². The van der Waals surface area contributed by atoms with E-state index in [0.717, 1.165) is 16.7 Å². The van der Waals surface area contributed by atoms with E-state index < -0.39 is 0 Å². The third-order valence-electron chi connectivity index (χ3n) is 2.47. The van der Waals surface area contributed by atoms with E-state index in [9.17, 15) is 5.11 Å². The van der Waals surface area contributed by atoms with Crippen molar-refractivity contribution in [2.45, 2.75) is 6.54 Å². The maximum absolute atomic E-state index is 9.21. The Morgan fingerprint density at radius 3 is 2.25 bits per heavy atom. The average molecular weight is 234 g/mol. The predicted molar refractivity (Wildman–Crippen MR) is 66.4 cm³/mol. The molecule has 0 aromatic heterocycles. The molecule has 0 saturated carbocycles. The van der Waals surface area contributed by atoms with Gasteiger partial charge in [-0.15, -0.1) is 0 Å². The predicted octanol–water partition coefficient (Wildman–Crippen LogP) is 3.17. The average Bonchev–Trinajstić information content (AvgIpc) is 2.31. The van der Waals surface area contributed by atoms with Crippen molar-refractivity contribution in [3.05, 3.63) is 53.1 Å². The molecule has 0 spiro atoms. The lowest BCUT2D eigenvalue weighted by Crippen LogP contribution is -1.97. The van der Waals surface area contributed by atoms with Crippen LogP contribution in [0.1, 0.15) is 5.56 Å². The van der Waals surface area contributed by atoms with Crippen molar-refractivity contribution >= 4 is 11.6 Å². The Morgan fingerprint density at radius 2 is 1.62 bits per heavy atom. The summed E-state index contributed by atoms with van der Waals surface area (Å²) in [5, 5.41) is 9.89. The fourth-order valence-electron chi connectivity index (χ4n) is 1.56. The minimum Gasteiger partial charge on any atom is -0.508 e. The highest BCUT2D eigenvalue weighted by Gasteiger charge is 2.02. The molecule has 0 aliphatic rings. The first-order valence-corrected chi connectivity index (χ1v) is 5.36. The molecule has 2 rings (SSSR count). The zero-order valence-electron chi connectivity index (χ0n) is 8.65. The number of phenols is 1. The van der Waals surface area contributed by atoms with Gasteiger partial charge in [0.05, 0.1) is 0 Å². The SMILES string of the molecule is NCc1cc(-c2ccc(O)cc2)ccc1Cl. The zero-order chi connectivity index (χ0) is 11.5. The molecule has 3 heteroatoms. The van der Waals surface area contributed by atoms with Crippen molar-refractivity contribution < 1.29 is 5.11 Å². The third-order valence-corrected chi connectivity index (χ3v) is 2.83. The van der Waals surface area contributed by atoms with Gasteiger partial charge in [0, 0.05) is 11.6 Å². The molecular formula is C13H12ClNO. The normalized spacial score (nSPS) is 10.4. The summed E-state index contributed by atoms with van der Waals surface area (Å²) >= 11 is 5.99. The molecule has 0 atom stereocenters. The van der Waals surface area contributed by atoms with Crippen molar-refractivity contribution in [3.8, 4) is 16.9 Å². The van der Waals surface area contributed by atoms with E-state index >= 15 is 0 Å². The first-order chi connectivity index (χ1) is 7.70. The number of phenolic OH excluding ortho intramolecular Hbond substituents is 1. The fraction of sp³-hybridized carbons (Fsp3) is 0.0769. The van der Waals surface area contributed by atoms with E-state index in [4.69, 9.17) is 17.3 Å². The smallest absolute Gasteiger partial charge is 0.115 e. The minimum absolute atomic E-state index is 0.261. The van der Waals surface area contributed by atoms with Gasteiger partial charge < -0.3 is 10.8 Å². The monoisotopic (exact) mass is 233 g/mol. The van der Waals surface area contributed by atoms with Crippen LogP contribution in [0.2, 0.25) is 5.02 Å². The maximum Gasteiger partial charge on any atom is 0.115 e. The fourth-order valence-corrected chi connectivity index (χ4v) is 1.76. The van der Waals surface area contributed by atoms with Gasteiger partial charge in [-0.1, -0.05) is 29.8 Å². The molecule has 16 heavy (non-hydrogen) atoms. The van der Waals surface area contributed by atoms with Gasteiger partial charge in [0.1, 0.15) is 5.75 Å². The van der Waals surface area contributed by atoms with Crippen molar-refractivity contribution in [2.24, 2.45) is 5.73 Å². The first kappa shape index (κ1) is 11.0.